The summed E-state index contributed by atoms with van der Waals surface area (Å²) in [6.45, 7) is 7.17. The molecule has 1 heterocycles. The molecular formula is C17H25N3. The molecule has 0 aliphatic carbocycles. The number of anilines is 1. The van der Waals surface area contributed by atoms with Gasteiger partial charge in [0.15, 0.2) is 0 Å². The first-order valence-electron chi connectivity index (χ1n) is 7.54. The van der Waals surface area contributed by atoms with Crippen LogP contribution in [0.3, 0.4) is 0 Å². The Morgan fingerprint density at radius 3 is 2.45 bits per heavy atom. The Labute approximate surface area is 121 Å². The number of unbranched alkanes of at least 4 members (excludes halogenated alkanes) is 2. The molecular weight excluding hydrogens is 246 g/mol. The molecule has 3 heteroatoms. The van der Waals surface area contributed by atoms with E-state index in [0.29, 0.717) is 0 Å². The van der Waals surface area contributed by atoms with Gasteiger partial charge in [0.05, 0.1) is 5.69 Å². The average molecular weight is 271 g/mol. The third-order valence-electron chi connectivity index (χ3n) is 3.77. The van der Waals surface area contributed by atoms with Crippen LogP contribution in [0.4, 0.5) is 5.69 Å². The van der Waals surface area contributed by atoms with Gasteiger partial charge < -0.3 is 5.32 Å². The first-order valence-corrected chi connectivity index (χ1v) is 7.54. The lowest BCUT2D eigenvalue weighted by molar-refractivity contribution is 0.717. The summed E-state index contributed by atoms with van der Waals surface area (Å²) in [5, 5.41) is 10.7. The first-order chi connectivity index (χ1) is 9.70. The molecule has 1 aromatic carbocycles. The molecule has 0 saturated carbocycles. The third kappa shape index (κ3) is 3.86. The summed E-state index contributed by atoms with van der Waals surface area (Å²) in [7, 11) is 0. The van der Waals surface area contributed by atoms with Gasteiger partial charge >= 0.3 is 0 Å². The van der Waals surface area contributed by atoms with Crippen molar-refractivity contribution in [1.82, 2.24) is 10.2 Å². The maximum atomic E-state index is 4.22. The largest absolute Gasteiger partial charge is 0.381 e. The molecule has 0 aliphatic rings. The lowest BCUT2D eigenvalue weighted by Crippen LogP contribution is -2.01. The van der Waals surface area contributed by atoms with Crippen LogP contribution in [0.15, 0.2) is 24.3 Å². The number of aromatic amines is 1. The molecule has 0 atom stereocenters. The maximum absolute atomic E-state index is 4.22. The Kier molecular flexibility index (Phi) is 5.22. The Hall–Kier alpha value is -1.77. The van der Waals surface area contributed by atoms with Gasteiger partial charge in [0.2, 0.25) is 0 Å². The van der Waals surface area contributed by atoms with Crippen molar-refractivity contribution in [2.45, 2.75) is 53.0 Å². The van der Waals surface area contributed by atoms with Gasteiger partial charge in [-0.3, -0.25) is 5.10 Å². The van der Waals surface area contributed by atoms with E-state index in [-0.39, 0.29) is 0 Å². The zero-order valence-corrected chi connectivity index (χ0v) is 12.8. The van der Waals surface area contributed by atoms with Crippen molar-refractivity contribution in [1.29, 1.82) is 0 Å². The maximum Gasteiger partial charge on any atom is 0.0643 e. The number of nitrogens with zero attached hydrogens (tertiary/aromatic N) is 1. The summed E-state index contributed by atoms with van der Waals surface area (Å²) in [6.07, 6.45) is 5.08. The minimum atomic E-state index is 0.823. The smallest absolute Gasteiger partial charge is 0.0643 e. The number of H-pyrrole nitrogens is 1. The van der Waals surface area contributed by atoms with Crippen LogP contribution in [0.1, 0.15) is 48.7 Å². The predicted octanol–water partition coefficient (Wildman–Crippen LogP) is 4.37. The number of aryl methyl sites for hydroxylation is 3. The SMILES string of the molecule is CCCCCc1ccc(NCc2c(C)n[nH]c2C)cc1. The standard InChI is InChI=1S/C17H25N3/c1-4-5-6-7-15-8-10-16(11-9-15)18-12-17-13(2)19-20-14(17)3/h8-11,18H,4-7,12H2,1-3H3,(H,19,20). The highest BCUT2D eigenvalue weighted by Gasteiger charge is 2.05. The topological polar surface area (TPSA) is 40.7 Å². The van der Waals surface area contributed by atoms with Crippen LogP contribution < -0.4 is 5.32 Å². The van der Waals surface area contributed by atoms with E-state index in [4.69, 9.17) is 0 Å². The molecule has 0 aliphatic heterocycles. The minimum absolute atomic E-state index is 0.823. The van der Waals surface area contributed by atoms with Crippen LogP contribution in [0.5, 0.6) is 0 Å². The highest BCUT2D eigenvalue weighted by Crippen LogP contribution is 2.15. The lowest BCUT2D eigenvalue weighted by Gasteiger charge is -2.08. The molecule has 108 valence electrons. The van der Waals surface area contributed by atoms with Crippen molar-refractivity contribution >= 4 is 5.69 Å². The molecule has 2 aromatic rings. The van der Waals surface area contributed by atoms with E-state index in [9.17, 15) is 0 Å². The average Bonchev–Trinajstić information content (AvgIpc) is 2.78. The minimum Gasteiger partial charge on any atom is -0.381 e. The molecule has 0 spiro atoms. The molecule has 0 amide bonds. The van der Waals surface area contributed by atoms with Crippen LogP contribution in [-0.4, -0.2) is 10.2 Å². The van der Waals surface area contributed by atoms with Gasteiger partial charge in [0, 0.05) is 23.5 Å². The van der Waals surface area contributed by atoms with E-state index in [0.717, 1.165) is 17.9 Å². The van der Waals surface area contributed by atoms with Gasteiger partial charge in [-0.1, -0.05) is 31.9 Å². The number of hydrogen-bond acceptors (Lipinski definition) is 2. The predicted molar refractivity (Wildman–Crippen MR) is 85.1 cm³/mol. The van der Waals surface area contributed by atoms with Crippen molar-refractivity contribution < 1.29 is 0 Å². The van der Waals surface area contributed by atoms with Gasteiger partial charge in [-0.15, -0.1) is 0 Å². The molecule has 0 fully saturated rings. The summed E-state index contributed by atoms with van der Waals surface area (Å²) < 4.78 is 0. The highest BCUT2D eigenvalue weighted by atomic mass is 15.1. The Bertz CT molecular complexity index is 506. The van der Waals surface area contributed by atoms with Gasteiger partial charge in [-0.25, -0.2) is 0 Å². The van der Waals surface area contributed by atoms with E-state index in [1.54, 1.807) is 0 Å². The van der Waals surface area contributed by atoms with E-state index in [1.807, 2.05) is 6.92 Å². The lowest BCUT2D eigenvalue weighted by atomic mass is 10.1. The molecule has 20 heavy (non-hydrogen) atoms. The quantitative estimate of drug-likeness (QED) is 0.734. The number of aromatic nitrogens is 2. The highest BCUT2D eigenvalue weighted by molar-refractivity contribution is 5.45. The van der Waals surface area contributed by atoms with E-state index in [2.05, 4.69) is 53.6 Å². The Balaban J connectivity index is 1.88. The molecule has 3 nitrogen and oxygen atoms in total. The summed E-state index contributed by atoms with van der Waals surface area (Å²) in [4.78, 5) is 0. The molecule has 2 N–H and O–H groups in total. The Morgan fingerprint density at radius 2 is 1.85 bits per heavy atom. The van der Waals surface area contributed by atoms with E-state index < -0.39 is 0 Å². The third-order valence-corrected chi connectivity index (χ3v) is 3.77. The van der Waals surface area contributed by atoms with Crippen LogP contribution in [0, 0.1) is 13.8 Å². The first kappa shape index (κ1) is 14.6. The number of benzene rings is 1. The molecule has 0 unspecified atom stereocenters. The van der Waals surface area contributed by atoms with Gasteiger partial charge in [-0.05, 0) is 44.4 Å². The summed E-state index contributed by atoms with van der Waals surface area (Å²) in [6, 6.07) is 8.80. The van der Waals surface area contributed by atoms with Crippen molar-refractivity contribution in [3.05, 3.63) is 46.8 Å². The zero-order chi connectivity index (χ0) is 14.4. The van der Waals surface area contributed by atoms with Crippen LogP contribution in [0.2, 0.25) is 0 Å². The molecule has 1 aromatic heterocycles. The fourth-order valence-electron chi connectivity index (χ4n) is 2.39. The fraction of sp³-hybridized carbons (Fsp3) is 0.471. The molecule has 0 radical (unpaired) electrons. The summed E-state index contributed by atoms with van der Waals surface area (Å²) >= 11 is 0. The van der Waals surface area contributed by atoms with E-state index in [1.165, 1.54) is 42.5 Å². The molecule has 0 bridgehead atoms. The monoisotopic (exact) mass is 271 g/mol. The normalized spacial score (nSPS) is 10.8. The van der Waals surface area contributed by atoms with Crippen molar-refractivity contribution in [3.8, 4) is 0 Å². The van der Waals surface area contributed by atoms with Gasteiger partial charge in [-0.2, -0.15) is 5.10 Å². The molecule has 2 rings (SSSR count). The number of hydrogen-bond donors (Lipinski definition) is 2. The fourth-order valence-corrected chi connectivity index (χ4v) is 2.39. The summed E-state index contributed by atoms with van der Waals surface area (Å²) in [5.74, 6) is 0. The second kappa shape index (κ2) is 7.13. The van der Waals surface area contributed by atoms with Gasteiger partial charge in [0.25, 0.3) is 0 Å². The van der Waals surface area contributed by atoms with E-state index >= 15 is 0 Å². The second-order valence-corrected chi connectivity index (χ2v) is 5.42. The van der Waals surface area contributed by atoms with Crippen LogP contribution in [0.25, 0.3) is 0 Å². The van der Waals surface area contributed by atoms with Crippen molar-refractivity contribution in [2.75, 3.05) is 5.32 Å². The Morgan fingerprint density at radius 1 is 1.10 bits per heavy atom. The number of rotatable bonds is 7. The summed E-state index contributed by atoms with van der Waals surface area (Å²) in [5.41, 5.74) is 6.08. The van der Waals surface area contributed by atoms with Crippen LogP contribution in [-0.2, 0) is 13.0 Å². The second-order valence-electron chi connectivity index (χ2n) is 5.42. The van der Waals surface area contributed by atoms with Crippen molar-refractivity contribution in [2.24, 2.45) is 0 Å². The molecule has 0 saturated heterocycles. The number of nitrogens with one attached hydrogen (secondary N) is 2. The van der Waals surface area contributed by atoms with Crippen molar-refractivity contribution in [3.63, 3.8) is 0 Å². The zero-order valence-electron chi connectivity index (χ0n) is 12.8. The van der Waals surface area contributed by atoms with Gasteiger partial charge in [0.1, 0.15) is 0 Å². The van der Waals surface area contributed by atoms with Crippen LogP contribution >= 0.6 is 0 Å².